The number of methoxy groups -OCH3 is 1. The molecule has 2 fully saturated rings. The second-order valence-corrected chi connectivity index (χ2v) is 7.70. The molecular formula is C20H26N2O4. The minimum Gasteiger partial charge on any atom is -0.497 e. The Balaban J connectivity index is 1.51. The molecule has 2 saturated heterocycles. The van der Waals surface area contributed by atoms with Crippen molar-refractivity contribution in [2.75, 3.05) is 38.7 Å². The Kier molecular flexibility index (Phi) is 4.61. The van der Waals surface area contributed by atoms with Crippen LogP contribution in [-0.4, -0.2) is 50.1 Å². The third-order valence-corrected chi connectivity index (χ3v) is 6.29. The van der Waals surface area contributed by atoms with Crippen molar-refractivity contribution in [1.82, 2.24) is 4.90 Å². The van der Waals surface area contributed by atoms with Gasteiger partial charge in [0.25, 0.3) is 0 Å². The Morgan fingerprint density at radius 2 is 1.96 bits per heavy atom. The SMILES string of the molecule is COc1ccc2c(c1)[C@H](C(=O)N1CCC3(CCOCC3)CC1)CC(=O)N2. The van der Waals surface area contributed by atoms with Crippen molar-refractivity contribution in [1.29, 1.82) is 0 Å². The lowest BCUT2D eigenvalue weighted by atomic mass is 9.72. The molecule has 0 aliphatic carbocycles. The summed E-state index contributed by atoms with van der Waals surface area (Å²) in [7, 11) is 1.61. The average molecular weight is 358 g/mol. The number of nitrogens with one attached hydrogen (secondary N) is 1. The Bertz CT molecular complexity index is 702. The van der Waals surface area contributed by atoms with E-state index in [0.717, 1.165) is 63.2 Å². The van der Waals surface area contributed by atoms with Crippen LogP contribution in [0.4, 0.5) is 5.69 Å². The molecular weight excluding hydrogens is 332 g/mol. The van der Waals surface area contributed by atoms with Gasteiger partial charge in [-0.15, -0.1) is 0 Å². The smallest absolute Gasteiger partial charge is 0.230 e. The molecule has 0 aromatic heterocycles. The molecule has 6 nitrogen and oxygen atoms in total. The number of ether oxygens (including phenoxy) is 2. The van der Waals surface area contributed by atoms with Crippen LogP contribution in [0.25, 0.3) is 0 Å². The maximum atomic E-state index is 13.2. The highest BCUT2D eigenvalue weighted by Crippen LogP contribution is 2.42. The van der Waals surface area contributed by atoms with Crippen molar-refractivity contribution in [3.05, 3.63) is 23.8 Å². The van der Waals surface area contributed by atoms with Crippen molar-refractivity contribution in [2.24, 2.45) is 5.41 Å². The van der Waals surface area contributed by atoms with Crippen LogP contribution in [0.1, 0.15) is 43.6 Å². The van der Waals surface area contributed by atoms with Crippen molar-refractivity contribution >= 4 is 17.5 Å². The maximum Gasteiger partial charge on any atom is 0.230 e. The minimum absolute atomic E-state index is 0.0660. The van der Waals surface area contributed by atoms with Crippen LogP contribution in [0.5, 0.6) is 5.75 Å². The van der Waals surface area contributed by atoms with Gasteiger partial charge in [0.05, 0.1) is 13.0 Å². The Morgan fingerprint density at radius 1 is 1.23 bits per heavy atom. The lowest BCUT2D eigenvalue weighted by Crippen LogP contribution is -2.47. The monoisotopic (exact) mass is 358 g/mol. The predicted molar refractivity (Wildman–Crippen MR) is 97.3 cm³/mol. The first-order chi connectivity index (χ1) is 12.6. The fourth-order valence-electron chi connectivity index (χ4n) is 4.51. The Hall–Kier alpha value is -2.08. The predicted octanol–water partition coefficient (Wildman–Crippen LogP) is 2.54. The van der Waals surface area contributed by atoms with Gasteiger partial charge >= 0.3 is 0 Å². The van der Waals surface area contributed by atoms with Crippen LogP contribution in [0.15, 0.2) is 18.2 Å². The van der Waals surface area contributed by atoms with Gasteiger partial charge in [0.15, 0.2) is 0 Å². The van der Waals surface area contributed by atoms with Gasteiger partial charge in [-0.3, -0.25) is 9.59 Å². The highest BCUT2D eigenvalue weighted by atomic mass is 16.5. The molecule has 0 radical (unpaired) electrons. The van der Waals surface area contributed by atoms with E-state index in [2.05, 4.69) is 5.32 Å². The second kappa shape index (κ2) is 6.91. The Labute approximate surface area is 153 Å². The molecule has 0 unspecified atom stereocenters. The second-order valence-electron chi connectivity index (χ2n) is 7.70. The van der Waals surface area contributed by atoms with E-state index in [1.54, 1.807) is 7.11 Å². The molecule has 1 aromatic carbocycles. The highest BCUT2D eigenvalue weighted by Gasteiger charge is 2.40. The summed E-state index contributed by atoms with van der Waals surface area (Å²) in [4.78, 5) is 27.3. The number of amides is 2. The molecule has 1 aromatic rings. The number of likely N-dealkylation sites (tertiary alicyclic amines) is 1. The number of benzene rings is 1. The summed E-state index contributed by atoms with van der Waals surface area (Å²) in [6.45, 7) is 3.22. The molecule has 2 amide bonds. The van der Waals surface area contributed by atoms with E-state index in [9.17, 15) is 9.59 Å². The highest BCUT2D eigenvalue weighted by molar-refractivity contribution is 6.01. The summed E-state index contributed by atoms with van der Waals surface area (Å²) in [6, 6.07) is 5.50. The molecule has 1 spiro atoms. The van der Waals surface area contributed by atoms with Crippen LogP contribution in [0.3, 0.4) is 0 Å². The van der Waals surface area contributed by atoms with Crippen molar-refractivity contribution in [2.45, 2.75) is 38.0 Å². The summed E-state index contributed by atoms with van der Waals surface area (Å²) in [6.07, 6.45) is 4.47. The van der Waals surface area contributed by atoms with E-state index >= 15 is 0 Å². The van der Waals surface area contributed by atoms with Gasteiger partial charge < -0.3 is 19.7 Å². The van der Waals surface area contributed by atoms with Gasteiger partial charge in [-0.05, 0) is 54.9 Å². The van der Waals surface area contributed by atoms with Gasteiger partial charge in [0, 0.05) is 38.4 Å². The van der Waals surface area contributed by atoms with E-state index in [0.29, 0.717) is 11.2 Å². The maximum absolute atomic E-state index is 13.2. The van der Waals surface area contributed by atoms with Gasteiger partial charge in [0.1, 0.15) is 5.75 Å². The van der Waals surface area contributed by atoms with Gasteiger partial charge in [-0.2, -0.15) is 0 Å². The third-order valence-electron chi connectivity index (χ3n) is 6.29. The summed E-state index contributed by atoms with van der Waals surface area (Å²) < 4.78 is 10.8. The number of anilines is 1. The van der Waals surface area contributed by atoms with Crippen LogP contribution < -0.4 is 10.1 Å². The van der Waals surface area contributed by atoms with Crippen molar-refractivity contribution in [3.63, 3.8) is 0 Å². The molecule has 4 rings (SSSR count). The van der Waals surface area contributed by atoms with E-state index in [1.165, 1.54) is 0 Å². The summed E-state index contributed by atoms with van der Waals surface area (Å²) in [5, 5.41) is 2.87. The van der Waals surface area contributed by atoms with Crippen LogP contribution in [0.2, 0.25) is 0 Å². The molecule has 3 aliphatic rings. The molecule has 140 valence electrons. The zero-order chi connectivity index (χ0) is 18.1. The lowest BCUT2D eigenvalue weighted by Gasteiger charge is -2.45. The van der Waals surface area contributed by atoms with Crippen LogP contribution in [-0.2, 0) is 14.3 Å². The zero-order valence-corrected chi connectivity index (χ0v) is 15.3. The van der Waals surface area contributed by atoms with Gasteiger partial charge in [-0.25, -0.2) is 0 Å². The van der Waals surface area contributed by atoms with Crippen LogP contribution >= 0.6 is 0 Å². The molecule has 3 aliphatic heterocycles. The number of nitrogens with zero attached hydrogens (tertiary/aromatic N) is 1. The molecule has 1 N–H and O–H groups in total. The summed E-state index contributed by atoms with van der Waals surface area (Å²) in [5.74, 6) is 0.255. The van der Waals surface area contributed by atoms with Crippen molar-refractivity contribution < 1.29 is 19.1 Å². The van der Waals surface area contributed by atoms with Gasteiger partial charge in [0.2, 0.25) is 11.8 Å². The normalized spacial score (nSPS) is 24.7. The van der Waals surface area contributed by atoms with E-state index < -0.39 is 5.92 Å². The molecule has 3 heterocycles. The average Bonchev–Trinajstić information content (AvgIpc) is 2.67. The molecule has 6 heteroatoms. The standard InChI is InChI=1S/C20H26N2O4/c1-25-14-2-3-17-15(12-14)16(13-18(23)21-17)19(24)22-8-4-20(5-9-22)6-10-26-11-7-20/h2-3,12,16H,4-11,13H2,1H3,(H,21,23)/t16-/m1/s1. The third kappa shape index (κ3) is 3.18. The molecule has 1 atom stereocenters. The quantitative estimate of drug-likeness (QED) is 0.882. The number of fused-ring (bicyclic) bond motifs is 1. The first kappa shape index (κ1) is 17.3. The van der Waals surface area contributed by atoms with Gasteiger partial charge in [-0.1, -0.05) is 0 Å². The minimum atomic E-state index is -0.419. The first-order valence-electron chi connectivity index (χ1n) is 9.45. The summed E-state index contributed by atoms with van der Waals surface area (Å²) >= 11 is 0. The number of hydrogen-bond donors (Lipinski definition) is 1. The lowest BCUT2D eigenvalue weighted by molar-refractivity contribution is -0.138. The van der Waals surface area contributed by atoms with E-state index in [-0.39, 0.29) is 18.2 Å². The topological polar surface area (TPSA) is 67.9 Å². The number of rotatable bonds is 2. The van der Waals surface area contributed by atoms with E-state index in [4.69, 9.17) is 9.47 Å². The number of carbonyl (C=O) groups excluding carboxylic acids is 2. The fourth-order valence-corrected chi connectivity index (χ4v) is 4.51. The first-order valence-corrected chi connectivity index (χ1v) is 9.45. The Morgan fingerprint density at radius 3 is 2.65 bits per heavy atom. The fraction of sp³-hybridized carbons (Fsp3) is 0.600. The molecule has 26 heavy (non-hydrogen) atoms. The largest absolute Gasteiger partial charge is 0.497 e. The number of hydrogen-bond acceptors (Lipinski definition) is 4. The van der Waals surface area contributed by atoms with E-state index in [1.807, 2.05) is 23.1 Å². The van der Waals surface area contributed by atoms with Crippen LogP contribution in [0, 0.1) is 5.41 Å². The summed E-state index contributed by atoms with van der Waals surface area (Å²) in [5.41, 5.74) is 1.93. The number of piperidine rings is 1. The van der Waals surface area contributed by atoms with Crippen molar-refractivity contribution in [3.8, 4) is 5.75 Å². The number of carbonyl (C=O) groups is 2. The zero-order valence-electron chi connectivity index (χ0n) is 15.3. The molecule has 0 saturated carbocycles. The molecule has 0 bridgehead atoms.